The van der Waals surface area contributed by atoms with E-state index < -0.39 is 0 Å². The molecule has 4 rings (SSSR count). The summed E-state index contributed by atoms with van der Waals surface area (Å²) in [5, 5.41) is 10.9. The number of halogens is 1. The van der Waals surface area contributed by atoms with Crippen LogP contribution in [-0.4, -0.2) is 10.7 Å². The van der Waals surface area contributed by atoms with E-state index in [1.807, 2.05) is 18.2 Å². The Morgan fingerprint density at radius 1 is 1.03 bits per heavy atom. The summed E-state index contributed by atoms with van der Waals surface area (Å²) >= 11 is 0. The summed E-state index contributed by atoms with van der Waals surface area (Å²) in [7, 11) is 0. The second kappa shape index (κ2) is 8.45. The maximum atomic E-state index is 13.0. The molecule has 1 heterocycles. The summed E-state index contributed by atoms with van der Waals surface area (Å²) in [6.07, 6.45) is 8.42. The van der Waals surface area contributed by atoms with E-state index in [0.717, 1.165) is 61.8 Å². The maximum absolute atomic E-state index is 13.0. The number of benzene rings is 2. The smallest absolute Gasteiger partial charge is 0.132 e. The average Bonchev–Trinajstić information content (AvgIpc) is 2.68. The molecule has 160 valence electrons. The largest absolute Gasteiger partial charge is 0.507 e. The van der Waals surface area contributed by atoms with Gasteiger partial charge in [-0.2, -0.15) is 0 Å². The second-order valence-corrected chi connectivity index (χ2v) is 9.59. The van der Waals surface area contributed by atoms with Crippen molar-refractivity contribution in [2.24, 2.45) is 5.92 Å². The van der Waals surface area contributed by atoms with Gasteiger partial charge in [-0.25, -0.2) is 4.39 Å². The lowest BCUT2D eigenvalue weighted by Gasteiger charge is -2.41. The van der Waals surface area contributed by atoms with Crippen LogP contribution in [0.5, 0.6) is 11.5 Å². The highest BCUT2D eigenvalue weighted by atomic mass is 19.1. The number of phenols is 1. The zero-order chi connectivity index (χ0) is 21.3. The van der Waals surface area contributed by atoms with Crippen LogP contribution in [0.1, 0.15) is 76.0 Å². The summed E-state index contributed by atoms with van der Waals surface area (Å²) in [5.41, 5.74) is 5.61. The first-order chi connectivity index (χ1) is 14.3. The van der Waals surface area contributed by atoms with Crippen LogP contribution >= 0.6 is 0 Å². The quantitative estimate of drug-likeness (QED) is 0.511. The van der Waals surface area contributed by atoms with Gasteiger partial charge in [0.15, 0.2) is 0 Å². The Labute approximate surface area is 179 Å². The van der Waals surface area contributed by atoms with E-state index in [0.29, 0.717) is 11.7 Å². The Morgan fingerprint density at radius 2 is 1.73 bits per heavy atom. The third-order valence-electron chi connectivity index (χ3n) is 6.68. The van der Waals surface area contributed by atoms with Crippen molar-refractivity contribution in [3.63, 3.8) is 0 Å². The second-order valence-electron chi connectivity index (χ2n) is 9.59. The van der Waals surface area contributed by atoms with E-state index in [1.54, 1.807) is 0 Å². The van der Waals surface area contributed by atoms with Gasteiger partial charge in [-0.3, -0.25) is 0 Å². The van der Waals surface area contributed by atoms with Crippen molar-refractivity contribution in [3.05, 3.63) is 64.5 Å². The lowest BCUT2D eigenvalue weighted by atomic mass is 9.74. The van der Waals surface area contributed by atoms with Gasteiger partial charge >= 0.3 is 0 Å². The van der Waals surface area contributed by atoms with Crippen LogP contribution < -0.4 is 4.74 Å². The summed E-state index contributed by atoms with van der Waals surface area (Å²) in [6.45, 7) is 6.60. The van der Waals surface area contributed by atoms with Crippen LogP contribution in [0.4, 0.5) is 4.39 Å². The van der Waals surface area contributed by atoms with Gasteiger partial charge in [-0.1, -0.05) is 25.5 Å². The van der Waals surface area contributed by atoms with Crippen molar-refractivity contribution >= 4 is 5.57 Å². The fourth-order valence-electron chi connectivity index (χ4n) is 5.04. The topological polar surface area (TPSA) is 29.5 Å². The molecule has 30 heavy (non-hydrogen) atoms. The van der Waals surface area contributed by atoms with Gasteiger partial charge in [0.1, 0.15) is 22.9 Å². The minimum Gasteiger partial charge on any atom is -0.507 e. The molecule has 0 fully saturated rings. The highest BCUT2D eigenvalue weighted by Gasteiger charge is 2.38. The molecule has 1 aliphatic carbocycles. The number of phenolic OH excluding ortho intramolecular Hbond substituents is 1. The molecule has 0 bridgehead atoms. The minimum atomic E-state index is -0.303. The monoisotopic (exact) mass is 408 g/mol. The molecule has 0 amide bonds. The molecule has 3 heteroatoms. The van der Waals surface area contributed by atoms with Crippen LogP contribution in [0.3, 0.4) is 0 Å². The first-order valence-corrected chi connectivity index (χ1v) is 11.4. The zero-order valence-corrected chi connectivity index (χ0v) is 18.4. The Morgan fingerprint density at radius 3 is 2.47 bits per heavy atom. The van der Waals surface area contributed by atoms with E-state index in [9.17, 15) is 9.50 Å². The molecule has 1 atom stereocenters. The van der Waals surface area contributed by atoms with Crippen molar-refractivity contribution in [2.75, 3.05) is 0 Å². The highest BCUT2D eigenvalue weighted by Crippen LogP contribution is 2.51. The van der Waals surface area contributed by atoms with E-state index in [-0.39, 0.29) is 11.4 Å². The number of unbranched alkanes of at least 4 members (excludes halogenated alkanes) is 2. The van der Waals surface area contributed by atoms with Crippen LogP contribution in [0.2, 0.25) is 0 Å². The van der Waals surface area contributed by atoms with Gasteiger partial charge in [-0.15, -0.1) is 0 Å². The molecule has 1 aliphatic heterocycles. The fraction of sp³-hybridized carbons (Fsp3) is 0.481. The van der Waals surface area contributed by atoms with Crippen LogP contribution in [0, 0.1) is 11.7 Å². The van der Waals surface area contributed by atoms with E-state index in [1.165, 1.54) is 35.3 Å². The molecule has 0 saturated carbocycles. The normalized spacial score (nSPS) is 19.8. The molecular formula is C27H33FO2. The Bertz CT molecular complexity index is 940. The first kappa shape index (κ1) is 21.0. The standard InChI is InChI=1S/C27H33FO2/c1-18-9-14-23-22(15-18)26-24(29)16-20(17-25(26)30-27(23,2)3)8-6-4-5-7-19-10-12-21(28)13-11-19/h10-13,16-18,29H,4-9,14-15H2,1-3H3. The van der Waals surface area contributed by atoms with Crippen molar-refractivity contribution in [1.82, 2.24) is 0 Å². The van der Waals surface area contributed by atoms with Crippen molar-refractivity contribution < 1.29 is 14.2 Å². The summed E-state index contributed by atoms with van der Waals surface area (Å²) in [5.74, 6) is 1.67. The van der Waals surface area contributed by atoms with Crippen molar-refractivity contribution in [2.45, 2.75) is 77.7 Å². The molecule has 0 spiro atoms. The fourth-order valence-corrected chi connectivity index (χ4v) is 5.04. The average molecular weight is 409 g/mol. The maximum Gasteiger partial charge on any atom is 0.132 e. The van der Waals surface area contributed by atoms with Gasteiger partial charge in [0.05, 0.1) is 5.56 Å². The van der Waals surface area contributed by atoms with Crippen LogP contribution in [0.15, 0.2) is 42.0 Å². The van der Waals surface area contributed by atoms with Gasteiger partial charge in [0.25, 0.3) is 0 Å². The number of hydrogen-bond donors (Lipinski definition) is 1. The van der Waals surface area contributed by atoms with Gasteiger partial charge in [-0.05, 0) is 111 Å². The third kappa shape index (κ3) is 4.40. The Kier molecular flexibility index (Phi) is 5.90. The molecule has 0 aromatic heterocycles. The lowest BCUT2D eigenvalue weighted by Crippen LogP contribution is -2.36. The third-order valence-corrected chi connectivity index (χ3v) is 6.68. The minimum absolute atomic E-state index is 0.179. The van der Waals surface area contributed by atoms with Gasteiger partial charge < -0.3 is 9.84 Å². The molecule has 2 aromatic rings. The first-order valence-electron chi connectivity index (χ1n) is 11.4. The molecule has 2 aliphatic rings. The molecule has 0 saturated heterocycles. The molecule has 1 N–H and O–H groups in total. The van der Waals surface area contributed by atoms with Crippen molar-refractivity contribution in [3.8, 4) is 11.5 Å². The molecule has 2 aromatic carbocycles. The van der Waals surface area contributed by atoms with E-state index in [2.05, 4.69) is 26.8 Å². The van der Waals surface area contributed by atoms with Gasteiger partial charge in [0.2, 0.25) is 0 Å². The van der Waals surface area contributed by atoms with E-state index >= 15 is 0 Å². The summed E-state index contributed by atoms with van der Waals surface area (Å²) in [4.78, 5) is 0. The SMILES string of the molecule is CC1CCC2=C(C1)c1c(O)cc(CCCCCc3ccc(F)cc3)cc1OC2(C)C. The number of aryl methyl sites for hydroxylation is 2. The number of rotatable bonds is 6. The molecular weight excluding hydrogens is 375 g/mol. The van der Waals surface area contributed by atoms with Crippen LogP contribution in [-0.2, 0) is 12.8 Å². The highest BCUT2D eigenvalue weighted by molar-refractivity contribution is 5.81. The van der Waals surface area contributed by atoms with Crippen molar-refractivity contribution in [1.29, 1.82) is 0 Å². The van der Waals surface area contributed by atoms with Crippen LogP contribution in [0.25, 0.3) is 5.57 Å². The number of aromatic hydroxyl groups is 1. The number of fused-ring (bicyclic) bond motifs is 2. The lowest BCUT2D eigenvalue weighted by molar-refractivity contribution is 0.135. The number of hydrogen-bond acceptors (Lipinski definition) is 2. The zero-order valence-electron chi connectivity index (χ0n) is 18.4. The Hall–Kier alpha value is -2.29. The summed E-state index contributed by atoms with van der Waals surface area (Å²) < 4.78 is 19.4. The summed E-state index contributed by atoms with van der Waals surface area (Å²) in [6, 6.07) is 10.9. The predicted molar refractivity (Wildman–Crippen MR) is 120 cm³/mol. The molecule has 2 nitrogen and oxygen atoms in total. The number of ether oxygens (including phenoxy) is 1. The van der Waals surface area contributed by atoms with E-state index in [4.69, 9.17) is 4.74 Å². The molecule has 0 radical (unpaired) electrons. The molecule has 1 unspecified atom stereocenters. The van der Waals surface area contributed by atoms with Gasteiger partial charge in [0, 0.05) is 0 Å². The Balaban J connectivity index is 1.41. The predicted octanol–water partition coefficient (Wildman–Crippen LogP) is 7.23. The number of allylic oxidation sites excluding steroid dienone is 1.